The Balaban J connectivity index is 1.57. The van der Waals surface area contributed by atoms with Gasteiger partial charge in [0.1, 0.15) is 11.5 Å². The van der Waals surface area contributed by atoms with Crippen molar-refractivity contribution < 1.29 is 18.7 Å². The first kappa shape index (κ1) is 21.1. The zero-order valence-corrected chi connectivity index (χ0v) is 17.7. The number of nitrogens with one attached hydrogen (secondary N) is 1. The summed E-state index contributed by atoms with van der Waals surface area (Å²) in [5, 5.41) is 3.44. The van der Waals surface area contributed by atoms with Crippen molar-refractivity contribution in [3.05, 3.63) is 71.8 Å². The lowest BCUT2D eigenvalue weighted by molar-refractivity contribution is 0.0303. The van der Waals surface area contributed by atoms with E-state index in [0.717, 1.165) is 0 Å². The van der Waals surface area contributed by atoms with E-state index in [-0.39, 0.29) is 17.6 Å². The second kappa shape index (κ2) is 9.32. The van der Waals surface area contributed by atoms with Crippen LogP contribution >= 0.6 is 11.8 Å². The Kier molecular flexibility index (Phi) is 6.34. The lowest BCUT2D eigenvalue weighted by atomic mass is 10.1. The molecule has 9 heteroatoms. The van der Waals surface area contributed by atoms with Gasteiger partial charge in [0.05, 0.1) is 19.4 Å². The summed E-state index contributed by atoms with van der Waals surface area (Å²) in [5.74, 6) is -0.837. The van der Waals surface area contributed by atoms with Gasteiger partial charge in [-0.2, -0.15) is 0 Å². The molecule has 0 saturated carbocycles. The Morgan fingerprint density at radius 2 is 1.87 bits per heavy atom. The highest BCUT2D eigenvalue weighted by atomic mass is 32.2. The summed E-state index contributed by atoms with van der Waals surface area (Å²) in [6.45, 7) is 2.13. The first-order valence-corrected chi connectivity index (χ1v) is 11.0. The summed E-state index contributed by atoms with van der Waals surface area (Å²) in [6, 6.07) is 12.7. The molecule has 1 aliphatic heterocycles. The number of amides is 2. The quantitative estimate of drug-likeness (QED) is 0.615. The molecule has 4 rings (SSSR count). The number of rotatable bonds is 5. The zero-order valence-electron chi connectivity index (χ0n) is 16.9. The average molecular weight is 441 g/mol. The van der Waals surface area contributed by atoms with E-state index >= 15 is 0 Å². The summed E-state index contributed by atoms with van der Waals surface area (Å²) in [7, 11) is 0. The van der Waals surface area contributed by atoms with Gasteiger partial charge in [-0.05, 0) is 48.7 Å². The van der Waals surface area contributed by atoms with Crippen LogP contribution in [-0.4, -0.2) is 58.8 Å². The SMILES string of the molecule is CSc1ncc(C(=O)Nc2cccc(C(=O)N3CCOCC3)c2)n1-c1ccc(F)cc1. The molecule has 160 valence electrons. The van der Waals surface area contributed by atoms with Crippen LogP contribution in [0.3, 0.4) is 0 Å². The number of carbonyl (C=O) groups excluding carboxylic acids is 2. The van der Waals surface area contributed by atoms with Crippen LogP contribution in [-0.2, 0) is 4.74 Å². The number of benzene rings is 2. The number of halogens is 1. The minimum absolute atomic E-state index is 0.0968. The highest BCUT2D eigenvalue weighted by Crippen LogP contribution is 2.23. The van der Waals surface area contributed by atoms with Gasteiger partial charge in [0.25, 0.3) is 11.8 Å². The molecule has 2 amide bonds. The van der Waals surface area contributed by atoms with Gasteiger partial charge in [-0.1, -0.05) is 17.8 Å². The molecule has 0 aliphatic carbocycles. The van der Waals surface area contributed by atoms with Gasteiger partial charge in [-0.25, -0.2) is 9.37 Å². The summed E-state index contributed by atoms with van der Waals surface area (Å²) < 4.78 is 20.3. The second-order valence-electron chi connectivity index (χ2n) is 6.88. The molecule has 7 nitrogen and oxygen atoms in total. The first-order chi connectivity index (χ1) is 15.1. The Morgan fingerprint density at radius 1 is 1.13 bits per heavy atom. The third kappa shape index (κ3) is 4.62. The number of anilines is 1. The fraction of sp³-hybridized carbons (Fsp3) is 0.227. The predicted molar refractivity (Wildman–Crippen MR) is 116 cm³/mol. The number of nitrogens with zero attached hydrogens (tertiary/aromatic N) is 3. The van der Waals surface area contributed by atoms with Gasteiger partial charge in [-0.3, -0.25) is 14.2 Å². The maximum atomic E-state index is 13.3. The highest BCUT2D eigenvalue weighted by Gasteiger charge is 2.21. The summed E-state index contributed by atoms with van der Waals surface area (Å²) in [5.41, 5.74) is 1.93. The molecule has 2 aromatic carbocycles. The van der Waals surface area contributed by atoms with Crippen molar-refractivity contribution >= 4 is 29.3 Å². The Labute approximate surface area is 183 Å². The van der Waals surface area contributed by atoms with Gasteiger partial charge in [0.15, 0.2) is 5.16 Å². The topological polar surface area (TPSA) is 76.5 Å². The van der Waals surface area contributed by atoms with Crippen LogP contribution in [0.1, 0.15) is 20.8 Å². The molecule has 0 unspecified atom stereocenters. The molecule has 2 heterocycles. The molecule has 1 aromatic heterocycles. The fourth-order valence-electron chi connectivity index (χ4n) is 3.35. The van der Waals surface area contributed by atoms with Crippen molar-refractivity contribution in [2.24, 2.45) is 0 Å². The van der Waals surface area contributed by atoms with Crippen molar-refractivity contribution in [1.82, 2.24) is 14.5 Å². The molecule has 0 atom stereocenters. The number of imidazole rings is 1. The molecule has 1 aliphatic rings. The van der Waals surface area contributed by atoms with Crippen LogP contribution in [0.15, 0.2) is 59.9 Å². The number of hydrogen-bond donors (Lipinski definition) is 1. The van der Waals surface area contributed by atoms with Gasteiger partial charge in [-0.15, -0.1) is 0 Å². The van der Waals surface area contributed by atoms with Crippen LogP contribution in [0.25, 0.3) is 5.69 Å². The van der Waals surface area contributed by atoms with E-state index in [0.29, 0.717) is 54.1 Å². The van der Waals surface area contributed by atoms with Gasteiger partial charge in [0, 0.05) is 30.0 Å². The Hall–Kier alpha value is -3.17. The molecular formula is C22H21FN4O3S. The number of thioether (sulfide) groups is 1. The molecule has 1 N–H and O–H groups in total. The minimum atomic E-state index is -0.381. The van der Waals surface area contributed by atoms with Crippen LogP contribution in [0.2, 0.25) is 0 Å². The third-order valence-corrected chi connectivity index (χ3v) is 5.55. The number of morpholine rings is 1. The van der Waals surface area contributed by atoms with Crippen molar-refractivity contribution in [1.29, 1.82) is 0 Å². The van der Waals surface area contributed by atoms with Crippen LogP contribution in [0.4, 0.5) is 10.1 Å². The van der Waals surface area contributed by atoms with E-state index in [1.165, 1.54) is 30.1 Å². The molecule has 31 heavy (non-hydrogen) atoms. The van der Waals surface area contributed by atoms with Gasteiger partial charge in [0.2, 0.25) is 0 Å². The Bertz CT molecular complexity index is 1090. The van der Waals surface area contributed by atoms with Crippen LogP contribution < -0.4 is 5.32 Å². The molecule has 1 saturated heterocycles. The summed E-state index contributed by atoms with van der Waals surface area (Å²) >= 11 is 1.38. The largest absolute Gasteiger partial charge is 0.378 e. The first-order valence-electron chi connectivity index (χ1n) is 9.73. The van der Waals surface area contributed by atoms with E-state index in [1.807, 2.05) is 6.26 Å². The molecule has 3 aromatic rings. The fourth-order valence-corrected chi connectivity index (χ4v) is 3.90. The van der Waals surface area contributed by atoms with Gasteiger partial charge < -0.3 is 15.0 Å². The van der Waals surface area contributed by atoms with E-state index in [1.54, 1.807) is 45.9 Å². The molecule has 0 bridgehead atoms. The lowest BCUT2D eigenvalue weighted by Crippen LogP contribution is -2.40. The third-order valence-electron chi connectivity index (χ3n) is 4.90. The van der Waals surface area contributed by atoms with E-state index < -0.39 is 0 Å². The number of aromatic nitrogens is 2. The summed E-state index contributed by atoms with van der Waals surface area (Å²) in [4.78, 5) is 31.8. The minimum Gasteiger partial charge on any atom is -0.378 e. The Morgan fingerprint density at radius 3 is 2.58 bits per heavy atom. The predicted octanol–water partition coefficient (Wildman–Crippen LogP) is 3.46. The van der Waals surface area contributed by atoms with E-state index in [4.69, 9.17) is 4.74 Å². The van der Waals surface area contributed by atoms with Crippen molar-refractivity contribution in [3.8, 4) is 5.69 Å². The maximum Gasteiger partial charge on any atom is 0.274 e. The standard InChI is InChI=1S/C22H21FN4O3S/c1-31-22-24-14-19(27(22)18-7-5-16(23)6-8-18)20(28)25-17-4-2-3-15(13-17)21(29)26-9-11-30-12-10-26/h2-8,13-14H,9-12H2,1H3,(H,25,28). The van der Waals surface area contributed by atoms with Crippen molar-refractivity contribution in [2.75, 3.05) is 37.9 Å². The van der Waals surface area contributed by atoms with Crippen LogP contribution in [0.5, 0.6) is 0 Å². The maximum absolute atomic E-state index is 13.3. The molecular weight excluding hydrogens is 419 g/mol. The smallest absolute Gasteiger partial charge is 0.274 e. The van der Waals surface area contributed by atoms with E-state index in [9.17, 15) is 14.0 Å². The highest BCUT2D eigenvalue weighted by molar-refractivity contribution is 7.98. The number of carbonyl (C=O) groups is 2. The monoisotopic (exact) mass is 440 g/mol. The number of hydrogen-bond acceptors (Lipinski definition) is 5. The van der Waals surface area contributed by atoms with Gasteiger partial charge >= 0.3 is 0 Å². The lowest BCUT2D eigenvalue weighted by Gasteiger charge is -2.27. The van der Waals surface area contributed by atoms with E-state index in [2.05, 4.69) is 10.3 Å². The molecule has 0 radical (unpaired) electrons. The normalized spacial score (nSPS) is 13.8. The van der Waals surface area contributed by atoms with Crippen molar-refractivity contribution in [2.45, 2.75) is 5.16 Å². The molecule has 1 fully saturated rings. The second-order valence-corrected chi connectivity index (χ2v) is 7.65. The average Bonchev–Trinajstić information content (AvgIpc) is 3.24. The van der Waals surface area contributed by atoms with Crippen molar-refractivity contribution in [3.63, 3.8) is 0 Å². The molecule has 0 spiro atoms. The van der Waals surface area contributed by atoms with Crippen LogP contribution in [0, 0.1) is 5.82 Å². The number of ether oxygens (including phenoxy) is 1. The zero-order chi connectivity index (χ0) is 21.8. The summed E-state index contributed by atoms with van der Waals surface area (Å²) in [6.07, 6.45) is 3.33.